The topological polar surface area (TPSA) is 47.0 Å². The second kappa shape index (κ2) is 6.60. The van der Waals surface area contributed by atoms with Gasteiger partial charge < -0.3 is 10.1 Å². The van der Waals surface area contributed by atoms with Gasteiger partial charge in [0.2, 0.25) is 0 Å². The van der Waals surface area contributed by atoms with Crippen molar-refractivity contribution in [3.8, 4) is 5.75 Å². The average Bonchev–Trinajstić information content (AvgIpc) is 2.56. The molecular formula is C18H18FN3O. The van der Waals surface area contributed by atoms with Crippen LogP contribution in [0.15, 0.2) is 48.8 Å². The molecule has 3 aromatic rings. The van der Waals surface area contributed by atoms with Crippen molar-refractivity contribution in [2.24, 2.45) is 0 Å². The van der Waals surface area contributed by atoms with Crippen molar-refractivity contribution in [3.63, 3.8) is 0 Å². The second-order valence-corrected chi connectivity index (χ2v) is 5.23. The fourth-order valence-corrected chi connectivity index (χ4v) is 2.50. The lowest BCUT2D eigenvalue weighted by Gasteiger charge is -2.17. The zero-order valence-electron chi connectivity index (χ0n) is 13.1. The lowest BCUT2D eigenvalue weighted by Crippen LogP contribution is -2.09. The molecule has 2 aromatic carbocycles. The molecule has 5 heteroatoms. The quantitative estimate of drug-likeness (QED) is 0.761. The number of nitrogens with zero attached hydrogens (tertiary/aromatic N) is 2. The van der Waals surface area contributed by atoms with E-state index in [2.05, 4.69) is 15.3 Å². The van der Waals surface area contributed by atoms with Crippen molar-refractivity contribution in [2.75, 3.05) is 11.9 Å². The van der Waals surface area contributed by atoms with Crippen LogP contribution in [-0.4, -0.2) is 16.6 Å². The third-order valence-corrected chi connectivity index (χ3v) is 3.64. The Morgan fingerprint density at radius 2 is 2.00 bits per heavy atom. The van der Waals surface area contributed by atoms with Crippen molar-refractivity contribution in [1.29, 1.82) is 0 Å². The van der Waals surface area contributed by atoms with Crippen LogP contribution in [-0.2, 0) is 0 Å². The highest BCUT2D eigenvalue weighted by molar-refractivity contribution is 5.89. The number of hydrogen-bond donors (Lipinski definition) is 1. The number of ether oxygens (including phenoxy) is 1. The predicted octanol–water partition coefficient (Wildman–Crippen LogP) is 4.34. The fourth-order valence-electron chi connectivity index (χ4n) is 2.50. The molecule has 0 fully saturated rings. The van der Waals surface area contributed by atoms with E-state index in [-0.39, 0.29) is 11.9 Å². The number of benzene rings is 2. The van der Waals surface area contributed by atoms with Gasteiger partial charge in [-0.15, -0.1) is 0 Å². The first kappa shape index (κ1) is 15.2. The smallest absolute Gasteiger partial charge is 0.149 e. The summed E-state index contributed by atoms with van der Waals surface area (Å²) in [7, 11) is 0. The maximum absolute atomic E-state index is 13.8. The normalized spacial score (nSPS) is 12.1. The van der Waals surface area contributed by atoms with Gasteiger partial charge in [-0.1, -0.05) is 18.2 Å². The van der Waals surface area contributed by atoms with Crippen LogP contribution in [0, 0.1) is 5.82 Å². The molecular weight excluding hydrogens is 293 g/mol. The molecule has 4 nitrogen and oxygen atoms in total. The standard InChI is InChI=1S/C18H18FN3O/c1-3-23-14-7-4-6-13(10-14)12(2)22-18-15-8-5-9-16(19)17(15)20-11-21-18/h4-12H,3H2,1-2H3,(H,20,21,22). The number of aromatic nitrogens is 2. The molecule has 0 aliphatic heterocycles. The minimum absolute atomic E-state index is 0.00299. The van der Waals surface area contributed by atoms with Gasteiger partial charge in [-0.2, -0.15) is 0 Å². The van der Waals surface area contributed by atoms with Gasteiger partial charge in [-0.3, -0.25) is 0 Å². The Hall–Kier alpha value is -2.69. The van der Waals surface area contributed by atoms with Gasteiger partial charge in [0.15, 0.2) is 0 Å². The lowest BCUT2D eigenvalue weighted by atomic mass is 10.1. The minimum Gasteiger partial charge on any atom is -0.494 e. The molecule has 23 heavy (non-hydrogen) atoms. The molecule has 0 radical (unpaired) electrons. The van der Waals surface area contributed by atoms with Gasteiger partial charge in [0.1, 0.15) is 29.2 Å². The zero-order chi connectivity index (χ0) is 16.2. The van der Waals surface area contributed by atoms with Crippen LogP contribution in [0.2, 0.25) is 0 Å². The first-order valence-corrected chi connectivity index (χ1v) is 7.57. The van der Waals surface area contributed by atoms with E-state index in [4.69, 9.17) is 4.74 Å². The first-order valence-electron chi connectivity index (χ1n) is 7.57. The summed E-state index contributed by atoms with van der Waals surface area (Å²) in [6, 6.07) is 12.8. The van der Waals surface area contributed by atoms with Crippen LogP contribution in [0.5, 0.6) is 5.75 Å². The van der Waals surface area contributed by atoms with E-state index in [1.165, 1.54) is 12.4 Å². The molecule has 1 heterocycles. The molecule has 3 rings (SSSR count). The largest absolute Gasteiger partial charge is 0.494 e. The fraction of sp³-hybridized carbons (Fsp3) is 0.222. The Bertz CT molecular complexity index is 822. The van der Waals surface area contributed by atoms with Gasteiger partial charge in [0, 0.05) is 5.39 Å². The van der Waals surface area contributed by atoms with Crippen molar-refractivity contribution in [2.45, 2.75) is 19.9 Å². The summed E-state index contributed by atoms with van der Waals surface area (Å²) < 4.78 is 19.4. The van der Waals surface area contributed by atoms with Gasteiger partial charge in [-0.25, -0.2) is 14.4 Å². The molecule has 0 saturated heterocycles. The van der Waals surface area contributed by atoms with Crippen molar-refractivity contribution >= 4 is 16.7 Å². The van der Waals surface area contributed by atoms with Gasteiger partial charge >= 0.3 is 0 Å². The number of fused-ring (bicyclic) bond motifs is 1. The number of para-hydroxylation sites is 1. The molecule has 1 atom stereocenters. The van der Waals surface area contributed by atoms with Crippen LogP contribution in [0.4, 0.5) is 10.2 Å². The maximum Gasteiger partial charge on any atom is 0.149 e. The monoisotopic (exact) mass is 311 g/mol. The predicted molar refractivity (Wildman–Crippen MR) is 89.1 cm³/mol. The van der Waals surface area contributed by atoms with Crippen molar-refractivity contribution in [1.82, 2.24) is 9.97 Å². The summed E-state index contributed by atoms with van der Waals surface area (Å²) in [5.74, 6) is 1.10. The third-order valence-electron chi connectivity index (χ3n) is 3.64. The van der Waals surface area contributed by atoms with Crippen LogP contribution < -0.4 is 10.1 Å². The molecule has 0 aliphatic carbocycles. The average molecular weight is 311 g/mol. The van der Waals surface area contributed by atoms with Crippen LogP contribution in [0.25, 0.3) is 10.9 Å². The van der Waals surface area contributed by atoms with Gasteiger partial charge in [0.05, 0.1) is 12.6 Å². The molecule has 118 valence electrons. The van der Waals surface area contributed by atoms with Crippen molar-refractivity contribution in [3.05, 3.63) is 60.2 Å². The number of rotatable bonds is 5. The first-order chi connectivity index (χ1) is 11.2. The van der Waals surface area contributed by atoms with Gasteiger partial charge in [0.25, 0.3) is 0 Å². The molecule has 0 aliphatic rings. The highest BCUT2D eigenvalue weighted by atomic mass is 19.1. The Kier molecular flexibility index (Phi) is 4.37. The van der Waals surface area contributed by atoms with E-state index in [0.29, 0.717) is 23.3 Å². The van der Waals surface area contributed by atoms with Crippen LogP contribution >= 0.6 is 0 Å². The summed E-state index contributed by atoms with van der Waals surface area (Å²) in [6.07, 6.45) is 1.37. The SMILES string of the molecule is CCOc1cccc(C(C)Nc2ncnc3c(F)cccc23)c1. The number of nitrogens with one attached hydrogen (secondary N) is 1. The van der Waals surface area contributed by atoms with Gasteiger partial charge in [-0.05, 0) is 43.7 Å². The molecule has 1 unspecified atom stereocenters. The van der Waals surface area contributed by atoms with E-state index in [9.17, 15) is 4.39 Å². The third kappa shape index (κ3) is 3.23. The number of halogens is 1. The maximum atomic E-state index is 13.8. The lowest BCUT2D eigenvalue weighted by molar-refractivity contribution is 0.340. The number of anilines is 1. The van der Waals surface area contributed by atoms with E-state index < -0.39 is 0 Å². The summed E-state index contributed by atoms with van der Waals surface area (Å²) >= 11 is 0. The summed E-state index contributed by atoms with van der Waals surface area (Å²) in [5.41, 5.74) is 1.39. The summed E-state index contributed by atoms with van der Waals surface area (Å²) in [5, 5.41) is 3.99. The Balaban J connectivity index is 1.90. The molecule has 1 N–H and O–H groups in total. The van der Waals surface area contributed by atoms with Crippen molar-refractivity contribution < 1.29 is 9.13 Å². The second-order valence-electron chi connectivity index (χ2n) is 5.23. The molecule has 1 aromatic heterocycles. The minimum atomic E-state index is -0.348. The Labute approximate surface area is 134 Å². The number of hydrogen-bond acceptors (Lipinski definition) is 4. The Morgan fingerprint density at radius 3 is 2.83 bits per heavy atom. The highest BCUT2D eigenvalue weighted by Crippen LogP contribution is 2.26. The zero-order valence-corrected chi connectivity index (χ0v) is 13.1. The molecule has 0 saturated carbocycles. The Morgan fingerprint density at radius 1 is 1.17 bits per heavy atom. The van der Waals surface area contributed by atoms with Crippen LogP contribution in [0.1, 0.15) is 25.5 Å². The molecule has 0 spiro atoms. The van der Waals surface area contributed by atoms with E-state index >= 15 is 0 Å². The van der Waals surface area contributed by atoms with E-state index in [0.717, 1.165) is 11.3 Å². The highest BCUT2D eigenvalue weighted by Gasteiger charge is 2.11. The summed E-state index contributed by atoms with van der Waals surface area (Å²) in [6.45, 7) is 4.61. The van der Waals surface area contributed by atoms with E-state index in [1.54, 1.807) is 6.07 Å². The summed E-state index contributed by atoms with van der Waals surface area (Å²) in [4.78, 5) is 8.27. The van der Waals surface area contributed by atoms with E-state index in [1.807, 2.05) is 44.2 Å². The molecule has 0 amide bonds. The van der Waals surface area contributed by atoms with Crippen LogP contribution in [0.3, 0.4) is 0 Å². The molecule has 0 bridgehead atoms.